The number of benzene rings is 1. The minimum atomic E-state index is 0.265. The number of rotatable bonds is 3. The zero-order valence-electron chi connectivity index (χ0n) is 15.7. The van der Waals surface area contributed by atoms with Crippen molar-refractivity contribution in [1.29, 1.82) is 0 Å². The second-order valence-corrected chi connectivity index (χ2v) is 6.98. The molecule has 0 radical (unpaired) electrons. The SMILES string of the molecule is Cn1ncc2c(N3CCN[C@H](c4ccccc4)C3)nc(-c3ccncc3)nc21. The molecule has 7 nitrogen and oxygen atoms in total. The van der Waals surface area contributed by atoms with Gasteiger partial charge >= 0.3 is 0 Å². The molecule has 7 heteroatoms. The molecule has 28 heavy (non-hydrogen) atoms. The summed E-state index contributed by atoms with van der Waals surface area (Å²) >= 11 is 0. The number of piperazine rings is 1. The normalized spacial score (nSPS) is 17.2. The Morgan fingerprint density at radius 2 is 1.86 bits per heavy atom. The van der Waals surface area contributed by atoms with Gasteiger partial charge in [0.05, 0.1) is 11.6 Å². The quantitative estimate of drug-likeness (QED) is 0.597. The first-order valence-corrected chi connectivity index (χ1v) is 9.43. The summed E-state index contributed by atoms with van der Waals surface area (Å²) in [5, 5.41) is 9.02. The zero-order chi connectivity index (χ0) is 18.9. The Bertz CT molecular complexity index is 1090. The van der Waals surface area contributed by atoms with Gasteiger partial charge < -0.3 is 10.2 Å². The van der Waals surface area contributed by atoms with E-state index >= 15 is 0 Å². The molecule has 140 valence electrons. The minimum Gasteiger partial charge on any atom is -0.353 e. The molecule has 0 spiro atoms. The highest BCUT2D eigenvalue weighted by Gasteiger charge is 2.25. The summed E-state index contributed by atoms with van der Waals surface area (Å²) in [6.07, 6.45) is 5.39. The van der Waals surface area contributed by atoms with Gasteiger partial charge in [0.25, 0.3) is 0 Å². The molecule has 1 aromatic carbocycles. The topological polar surface area (TPSA) is 71.8 Å². The molecule has 0 aliphatic carbocycles. The maximum Gasteiger partial charge on any atom is 0.164 e. The van der Waals surface area contributed by atoms with Crippen LogP contribution < -0.4 is 10.2 Å². The molecule has 4 heterocycles. The molecule has 1 fully saturated rings. The molecule has 3 aromatic heterocycles. The van der Waals surface area contributed by atoms with Crippen molar-refractivity contribution in [3.8, 4) is 11.4 Å². The van der Waals surface area contributed by atoms with E-state index in [1.807, 2.05) is 30.1 Å². The molecular formula is C21H21N7. The first-order valence-electron chi connectivity index (χ1n) is 9.43. The Hall–Kier alpha value is -3.32. The smallest absolute Gasteiger partial charge is 0.164 e. The van der Waals surface area contributed by atoms with Crippen LogP contribution in [0.3, 0.4) is 0 Å². The Labute approximate surface area is 163 Å². The molecule has 1 aliphatic heterocycles. The van der Waals surface area contributed by atoms with Gasteiger partial charge in [-0.25, -0.2) is 9.97 Å². The Kier molecular flexibility index (Phi) is 4.21. The van der Waals surface area contributed by atoms with Gasteiger partial charge in [-0.3, -0.25) is 9.67 Å². The van der Waals surface area contributed by atoms with Crippen molar-refractivity contribution in [3.63, 3.8) is 0 Å². The molecular weight excluding hydrogens is 350 g/mol. The number of nitrogens with zero attached hydrogens (tertiary/aromatic N) is 6. The van der Waals surface area contributed by atoms with E-state index in [9.17, 15) is 0 Å². The Morgan fingerprint density at radius 1 is 1.04 bits per heavy atom. The summed E-state index contributed by atoms with van der Waals surface area (Å²) in [4.78, 5) is 16.1. The highest BCUT2D eigenvalue weighted by atomic mass is 15.3. The summed E-state index contributed by atoms with van der Waals surface area (Å²) in [5.74, 6) is 1.63. The third kappa shape index (κ3) is 2.99. The van der Waals surface area contributed by atoms with E-state index in [0.29, 0.717) is 5.82 Å². The molecule has 1 N–H and O–H groups in total. The molecule has 4 aromatic rings. The largest absolute Gasteiger partial charge is 0.353 e. The van der Waals surface area contributed by atoms with E-state index in [-0.39, 0.29) is 6.04 Å². The van der Waals surface area contributed by atoms with Crippen LogP contribution in [0.25, 0.3) is 22.4 Å². The lowest BCUT2D eigenvalue weighted by molar-refractivity contribution is 0.470. The molecule has 0 bridgehead atoms. The van der Waals surface area contributed by atoms with Crippen LogP contribution in [0.1, 0.15) is 11.6 Å². The molecule has 1 aliphatic rings. The standard InChI is InChI=1S/C21H21N7/c1-27-20-17(13-24-27)21(26-19(25-20)16-7-9-22-10-8-16)28-12-11-23-18(14-28)15-5-3-2-4-6-15/h2-10,13,18,23H,11-12,14H2,1H3/t18-/m0/s1. The van der Waals surface area contributed by atoms with E-state index < -0.39 is 0 Å². The summed E-state index contributed by atoms with van der Waals surface area (Å²) in [7, 11) is 1.92. The van der Waals surface area contributed by atoms with Gasteiger partial charge in [-0.05, 0) is 17.7 Å². The summed E-state index contributed by atoms with van der Waals surface area (Å²) in [5.41, 5.74) is 3.08. The third-order valence-corrected chi connectivity index (χ3v) is 5.19. The van der Waals surface area contributed by atoms with E-state index in [2.05, 4.69) is 50.6 Å². The fourth-order valence-corrected chi connectivity index (χ4v) is 3.73. The molecule has 5 rings (SSSR count). The highest BCUT2D eigenvalue weighted by Crippen LogP contribution is 2.29. The molecule has 0 saturated carbocycles. The van der Waals surface area contributed by atoms with Crippen LogP contribution in [-0.4, -0.2) is 44.4 Å². The zero-order valence-corrected chi connectivity index (χ0v) is 15.7. The first-order chi connectivity index (χ1) is 13.8. The number of hydrogen-bond donors (Lipinski definition) is 1. The number of fused-ring (bicyclic) bond motifs is 1. The second-order valence-electron chi connectivity index (χ2n) is 6.98. The van der Waals surface area contributed by atoms with Crippen molar-refractivity contribution in [2.45, 2.75) is 6.04 Å². The molecule has 0 unspecified atom stereocenters. The van der Waals surface area contributed by atoms with Crippen LogP contribution in [0.15, 0.2) is 61.1 Å². The van der Waals surface area contributed by atoms with Crippen LogP contribution >= 0.6 is 0 Å². The Balaban J connectivity index is 1.58. The third-order valence-electron chi connectivity index (χ3n) is 5.19. The predicted molar refractivity (Wildman–Crippen MR) is 109 cm³/mol. The maximum absolute atomic E-state index is 4.94. The predicted octanol–water partition coefficient (Wildman–Crippen LogP) is 2.58. The number of anilines is 1. The molecule has 0 amide bonds. The van der Waals surface area contributed by atoms with Crippen LogP contribution in [0.5, 0.6) is 0 Å². The van der Waals surface area contributed by atoms with Gasteiger partial charge in [0.1, 0.15) is 5.82 Å². The average molecular weight is 371 g/mol. The van der Waals surface area contributed by atoms with Gasteiger partial charge in [0, 0.05) is 50.7 Å². The number of nitrogens with one attached hydrogen (secondary N) is 1. The van der Waals surface area contributed by atoms with Crippen molar-refractivity contribution >= 4 is 16.9 Å². The van der Waals surface area contributed by atoms with Crippen molar-refractivity contribution < 1.29 is 0 Å². The lowest BCUT2D eigenvalue weighted by Crippen LogP contribution is -2.46. The van der Waals surface area contributed by atoms with Gasteiger partial charge in [-0.15, -0.1) is 0 Å². The van der Waals surface area contributed by atoms with Crippen molar-refractivity contribution in [2.75, 3.05) is 24.5 Å². The first kappa shape index (κ1) is 16.8. The summed E-state index contributed by atoms with van der Waals surface area (Å²) in [6.45, 7) is 2.64. The number of aryl methyl sites for hydroxylation is 1. The number of hydrogen-bond acceptors (Lipinski definition) is 6. The average Bonchev–Trinajstić information content (AvgIpc) is 3.15. The maximum atomic E-state index is 4.94. The lowest BCUT2D eigenvalue weighted by atomic mass is 10.0. The monoisotopic (exact) mass is 371 g/mol. The fourth-order valence-electron chi connectivity index (χ4n) is 3.73. The Morgan fingerprint density at radius 3 is 2.68 bits per heavy atom. The van der Waals surface area contributed by atoms with E-state index in [0.717, 1.165) is 42.0 Å². The van der Waals surface area contributed by atoms with Gasteiger partial charge in [0.2, 0.25) is 0 Å². The number of pyridine rings is 1. The molecule has 1 atom stereocenters. The lowest BCUT2D eigenvalue weighted by Gasteiger charge is -2.35. The van der Waals surface area contributed by atoms with Crippen molar-refractivity contribution in [1.82, 2.24) is 30.0 Å². The van der Waals surface area contributed by atoms with Gasteiger partial charge in [-0.1, -0.05) is 30.3 Å². The van der Waals surface area contributed by atoms with Gasteiger partial charge in [-0.2, -0.15) is 5.10 Å². The second kappa shape index (κ2) is 7.01. The van der Waals surface area contributed by atoms with E-state index in [4.69, 9.17) is 9.97 Å². The number of aromatic nitrogens is 5. The van der Waals surface area contributed by atoms with Gasteiger partial charge in [0.15, 0.2) is 11.5 Å². The van der Waals surface area contributed by atoms with Crippen LogP contribution in [-0.2, 0) is 7.05 Å². The van der Waals surface area contributed by atoms with E-state index in [1.54, 1.807) is 12.4 Å². The fraction of sp³-hybridized carbons (Fsp3) is 0.238. The van der Waals surface area contributed by atoms with E-state index in [1.165, 1.54) is 5.56 Å². The van der Waals surface area contributed by atoms with Crippen LogP contribution in [0, 0.1) is 0 Å². The van der Waals surface area contributed by atoms with Crippen LogP contribution in [0.4, 0.5) is 5.82 Å². The van der Waals surface area contributed by atoms with Crippen LogP contribution in [0.2, 0.25) is 0 Å². The van der Waals surface area contributed by atoms with Crippen molar-refractivity contribution in [2.24, 2.45) is 7.05 Å². The summed E-state index contributed by atoms with van der Waals surface area (Å²) in [6, 6.07) is 14.7. The van der Waals surface area contributed by atoms with Crippen molar-refractivity contribution in [3.05, 3.63) is 66.6 Å². The summed E-state index contributed by atoms with van der Waals surface area (Å²) < 4.78 is 1.81. The minimum absolute atomic E-state index is 0.265. The molecule has 1 saturated heterocycles. The highest BCUT2D eigenvalue weighted by molar-refractivity contribution is 5.88.